The van der Waals surface area contributed by atoms with Crippen LogP contribution in [0.1, 0.15) is 17.3 Å². The molecule has 1 atom stereocenters. The number of ether oxygens (including phenoxy) is 1. The summed E-state index contributed by atoms with van der Waals surface area (Å²) in [6.07, 6.45) is 0.0182. The fraction of sp³-hybridized carbons (Fsp3) is 0.188. The lowest BCUT2D eigenvalue weighted by Crippen LogP contribution is -2.24. The summed E-state index contributed by atoms with van der Waals surface area (Å²) in [4.78, 5) is 22.9. The third-order valence-electron chi connectivity index (χ3n) is 3.26. The lowest BCUT2D eigenvalue weighted by atomic mass is 10.1. The number of anilines is 1. The minimum atomic E-state index is -3.42. The molecule has 0 spiro atoms. The van der Waals surface area contributed by atoms with Crippen molar-refractivity contribution in [2.45, 2.75) is 13.0 Å². The number of nitrogens with one attached hydrogen (secondary N) is 1. The van der Waals surface area contributed by atoms with E-state index in [4.69, 9.17) is 16.3 Å². The Morgan fingerprint density at radius 1 is 1.23 bits per heavy atom. The Hall–Kier alpha value is -2.65. The number of Topliss-reactive ketones (excluding diaryl/α,β-unsaturated/α-hetero) is 1. The number of nitro benzene ring substituents is 1. The number of benzene rings is 2. The molecule has 1 N–H and O–H groups in total. The summed E-state index contributed by atoms with van der Waals surface area (Å²) in [7, 11) is -3.42. The van der Waals surface area contributed by atoms with Crippen LogP contribution in [0.3, 0.4) is 0 Å². The smallest absolute Gasteiger partial charge is 0.312 e. The largest absolute Gasteiger partial charge is 0.475 e. The number of nitrogens with zero attached hydrogens (tertiary/aromatic N) is 1. The number of ketones is 1. The second kappa shape index (κ2) is 7.71. The van der Waals surface area contributed by atoms with Crippen LogP contribution in [0.2, 0.25) is 5.02 Å². The van der Waals surface area contributed by atoms with Gasteiger partial charge in [0.05, 0.1) is 11.2 Å². The van der Waals surface area contributed by atoms with Crippen LogP contribution >= 0.6 is 11.6 Å². The molecule has 8 nitrogen and oxygen atoms in total. The van der Waals surface area contributed by atoms with Gasteiger partial charge in [-0.25, -0.2) is 8.42 Å². The van der Waals surface area contributed by atoms with E-state index in [0.29, 0.717) is 5.69 Å². The van der Waals surface area contributed by atoms with Crippen molar-refractivity contribution >= 4 is 38.8 Å². The van der Waals surface area contributed by atoms with Crippen molar-refractivity contribution < 1.29 is 22.9 Å². The molecule has 0 aromatic heterocycles. The summed E-state index contributed by atoms with van der Waals surface area (Å²) < 4.78 is 30.1. The van der Waals surface area contributed by atoms with Crippen molar-refractivity contribution in [1.29, 1.82) is 0 Å². The Labute approximate surface area is 154 Å². The first-order valence-corrected chi connectivity index (χ1v) is 9.56. The lowest BCUT2D eigenvalue weighted by molar-refractivity contribution is -0.386. The highest BCUT2D eigenvalue weighted by Gasteiger charge is 2.22. The molecule has 138 valence electrons. The van der Waals surface area contributed by atoms with E-state index in [1.807, 2.05) is 0 Å². The zero-order valence-corrected chi connectivity index (χ0v) is 15.4. The Kier molecular flexibility index (Phi) is 5.83. The summed E-state index contributed by atoms with van der Waals surface area (Å²) in [5, 5.41) is 11.3. The number of hydrogen-bond donors (Lipinski definition) is 1. The molecule has 0 aliphatic rings. The van der Waals surface area contributed by atoms with Crippen molar-refractivity contribution in [1.82, 2.24) is 0 Å². The van der Waals surface area contributed by atoms with E-state index in [1.54, 1.807) is 0 Å². The van der Waals surface area contributed by atoms with Gasteiger partial charge in [0.1, 0.15) is 0 Å². The summed E-state index contributed by atoms with van der Waals surface area (Å²) in [5.74, 6) is -0.490. The molecular formula is C16H15ClN2O6S. The van der Waals surface area contributed by atoms with Crippen LogP contribution in [0.4, 0.5) is 11.4 Å². The van der Waals surface area contributed by atoms with Crippen LogP contribution < -0.4 is 9.46 Å². The van der Waals surface area contributed by atoms with Crippen LogP contribution in [-0.4, -0.2) is 31.5 Å². The van der Waals surface area contributed by atoms with E-state index in [2.05, 4.69) is 4.72 Å². The van der Waals surface area contributed by atoms with Gasteiger partial charge in [-0.05, 0) is 43.3 Å². The zero-order valence-electron chi connectivity index (χ0n) is 13.8. The first kappa shape index (κ1) is 19.7. The van der Waals surface area contributed by atoms with E-state index in [1.165, 1.54) is 43.3 Å². The van der Waals surface area contributed by atoms with Crippen LogP contribution in [0, 0.1) is 10.1 Å². The van der Waals surface area contributed by atoms with Crippen LogP contribution in [0.5, 0.6) is 5.75 Å². The number of sulfonamides is 1. The fourth-order valence-electron chi connectivity index (χ4n) is 2.13. The molecule has 10 heteroatoms. The van der Waals surface area contributed by atoms with E-state index >= 15 is 0 Å². The van der Waals surface area contributed by atoms with Gasteiger partial charge in [-0.2, -0.15) is 0 Å². The summed E-state index contributed by atoms with van der Waals surface area (Å²) in [5.41, 5.74) is 0.240. The maximum atomic E-state index is 12.4. The van der Waals surface area contributed by atoms with Gasteiger partial charge in [0.25, 0.3) is 0 Å². The normalized spacial score (nSPS) is 12.3. The molecule has 0 unspecified atom stereocenters. The van der Waals surface area contributed by atoms with Gasteiger partial charge in [-0.3, -0.25) is 19.6 Å². The standard InChI is InChI=1S/C16H15ClN2O6S/c1-10(25-15-8-5-12(17)9-14(15)19(21)22)16(20)11-3-6-13(7-4-11)18-26(2,23)24/h3-10,18H,1-2H3/t10-/m0/s1. The van der Waals surface area contributed by atoms with Crippen LogP contribution in [0.15, 0.2) is 42.5 Å². The van der Waals surface area contributed by atoms with Gasteiger partial charge >= 0.3 is 5.69 Å². The monoisotopic (exact) mass is 398 g/mol. The van der Waals surface area contributed by atoms with Gasteiger partial charge in [-0.1, -0.05) is 11.6 Å². The molecule has 0 aliphatic carbocycles. The lowest BCUT2D eigenvalue weighted by Gasteiger charge is -2.14. The molecular weight excluding hydrogens is 384 g/mol. The number of carbonyl (C=O) groups excluding carboxylic acids is 1. The molecule has 0 heterocycles. The van der Waals surface area contributed by atoms with Crippen molar-refractivity contribution in [3.05, 3.63) is 63.2 Å². The van der Waals surface area contributed by atoms with Gasteiger partial charge in [0.2, 0.25) is 15.8 Å². The molecule has 0 saturated carbocycles. The first-order chi connectivity index (χ1) is 12.1. The number of halogens is 1. The predicted molar refractivity (Wildman–Crippen MR) is 97.4 cm³/mol. The number of carbonyl (C=O) groups is 1. The highest BCUT2D eigenvalue weighted by molar-refractivity contribution is 7.92. The predicted octanol–water partition coefficient (Wildman–Crippen LogP) is 3.27. The first-order valence-electron chi connectivity index (χ1n) is 7.29. The Bertz CT molecular complexity index is 944. The average Bonchev–Trinajstić information content (AvgIpc) is 2.54. The highest BCUT2D eigenvalue weighted by Crippen LogP contribution is 2.31. The molecule has 26 heavy (non-hydrogen) atoms. The molecule has 0 bridgehead atoms. The third kappa shape index (κ3) is 5.17. The van der Waals surface area contributed by atoms with E-state index in [0.717, 1.165) is 12.3 Å². The molecule has 2 aromatic rings. The maximum Gasteiger partial charge on any atom is 0.312 e. The van der Waals surface area contributed by atoms with Crippen molar-refractivity contribution in [2.75, 3.05) is 11.0 Å². The SMILES string of the molecule is C[C@H](Oc1ccc(Cl)cc1[N+](=O)[O-])C(=O)c1ccc(NS(C)(=O)=O)cc1. The molecule has 0 amide bonds. The Morgan fingerprint density at radius 3 is 2.38 bits per heavy atom. The Morgan fingerprint density at radius 2 is 1.85 bits per heavy atom. The highest BCUT2D eigenvalue weighted by atomic mass is 35.5. The van der Waals surface area contributed by atoms with Crippen LogP contribution in [0.25, 0.3) is 0 Å². The maximum absolute atomic E-state index is 12.4. The minimum Gasteiger partial charge on any atom is -0.475 e. The van der Waals surface area contributed by atoms with Gasteiger partial charge in [0.15, 0.2) is 11.9 Å². The third-order valence-corrected chi connectivity index (χ3v) is 4.10. The molecule has 0 aliphatic heterocycles. The second-order valence-corrected chi connectivity index (χ2v) is 7.63. The van der Waals surface area contributed by atoms with Gasteiger partial charge in [-0.15, -0.1) is 0 Å². The van der Waals surface area contributed by atoms with E-state index in [9.17, 15) is 23.3 Å². The summed E-state index contributed by atoms with van der Waals surface area (Å²) in [6.45, 7) is 1.46. The van der Waals surface area contributed by atoms with Gasteiger partial charge in [0, 0.05) is 22.3 Å². The molecule has 2 rings (SSSR count). The van der Waals surface area contributed by atoms with Gasteiger partial charge < -0.3 is 4.74 Å². The molecule has 0 radical (unpaired) electrons. The Balaban J connectivity index is 2.16. The molecule has 0 saturated heterocycles. The van der Waals surface area contributed by atoms with E-state index < -0.39 is 26.8 Å². The zero-order chi connectivity index (χ0) is 19.5. The van der Waals surface area contributed by atoms with Crippen molar-refractivity contribution in [2.24, 2.45) is 0 Å². The van der Waals surface area contributed by atoms with Crippen molar-refractivity contribution in [3.8, 4) is 5.75 Å². The second-order valence-electron chi connectivity index (χ2n) is 5.45. The number of hydrogen-bond acceptors (Lipinski definition) is 6. The number of nitro groups is 1. The fourth-order valence-corrected chi connectivity index (χ4v) is 2.86. The molecule has 0 fully saturated rings. The topological polar surface area (TPSA) is 116 Å². The summed E-state index contributed by atoms with van der Waals surface area (Å²) >= 11 is 5.74. The van der Waals surface area contributed by atoms with Crippen LogP contribution in [-0.2, 0) is 10.0 Å². The van der Waals surface area contributed by atoms with Crippen molar-refractivity contribution in [3.63, 3.8) is 0 Å². The average molecular weight is 399 g/mol. The number of rotatable bonds is 7. The quantitative estimate of drug-likeness (QED) is 0.434. The minimum absolute atomic E-state index is 0.0735. The summed E-state index contributed by atoms with van der Waals surface area (Å²) in [6, 6.07) is 9.63. The molecule has 2 aromatic carbocycles. The van der Waals surface area contributed by atoms with E-state index in [-0.39, 0.29) is 22.0 Å².